The van der Waals surface area contributed by atoms with E-state index in [4.69, 9.17) is 28.3 Å². The molecule has 2 rings (SSSR count). The van der Waals surface area contributed by atoms with E-state index in [2.05, 4.69) is 4.98 Å². The van der Waals surface area contributed by atoms with Crippen molar-refractivity contribution in [2.24, 2.45) is 0 Å². The maximum atomic E-state index is 12.5. The third kappa shape index (κ3) is 3.11. The first-order chi connectivity index (χ1) is 9.81. The molecule has 0 saturated carbocycles. The predicted octanol–water partition coefficient (Wildman–Crippen LogP) is 2.50. The van der Waals surface area contributed by atoms with E-state index < -0.39 is 5.97 Å². The van der Waals surface area contributed by atoms with Crippen molar-refractivity contribution < 1.29 is 14.7 Å². The Morgan fingerprint density at radius 1 is 1.43 bits per heavy atom. The minimum absolute atomic E-state index is 0.106. The Morgan fingerprint density at radius 3 is 2.71 bits per heavy atom. The summed E-state index contributed by atoms with van der Waals surface area (Å²) in [5.41, 5.74) is 1.27. The molecule has 2 aromatic heterocycles. The summed E-state index contributed by atoms with van der Waals surface area (Å²) in [6, 6.07) is 1.55. The van der Waals surface area contributed by atoms with Crippen LogP contribution in [0.3, 0.4) is 0 Å². The van der Waals surface area contributed by atoms with Gasteiger partial charge in [-0.2, -0.15) is 0 Å². The highest BCUT2D eigenvalue weighted by Crippen LogP contribution is 2.24. The van der Waals surface area contributed by atoms with Crippen LogP contribution in [0.4, 0.5) is 0 Å². The number of hydrogen-bond donors (Lipinski definition) is 1. The zero-order valence-corrected chi connectivity index (χ0v) is 12.9. The Labute approximate surface area is 130 Å². The predicted molar refractivity (Wildman–Crippen MR) is 79.2 cm³/mol. The lowest BCUT2D eigenvalue weighted by Crippen LogP contribution is -2.30. The number of rotatable bonds is 4. The maximum Gasteiger partial charge on any atom is 0.305 e. The minimum atomic E-state index is -0.962. The number of carbonyl (C=O) groups is 2. The molecule has 0 aliphatic heterocycles. The minimum Gasteiger partial charge on any atom is -0.481 e. The van der Waals surface area contributed by atoms with Gasteiger partial charge in [-0.25, -0.2) is 4.98 Å². The van der Waals surface area contributed by atoms with Gasteiger partial charge in [0.05, 0.1) is 22.2 Å². The number of carbonyl (C=O) groups excluding carboxylic acids is 1. The summed E-state index contributed by atoms with van der Waals surface area (Å²) >= 11 is 12.0. The Balaban J connectivity index is 2.43. The van der Waals surface area contributed by atoms with Crippen LogP contribution in [-0.4, -0.2) is 44.9 Å². The molecular formula is C13H13Cl2N3O3. The number of fused-ring (bicyclic) bond motifs is 1. The molecule has 6 nitrogen and oxygen atoms in total. The van der Waals surface area contributed by atoms with Crippen molar-refractivity contribution in [3.63, 3.8) is 0 Å². The number of aryl methyl sites for hydroxylation is 1. The average Bonchev–Trinajstić information content (AvgIpc) is 2.71. The third-order valence-corrected chi connectivity index (χ3v) is 3.51. The molecule has 0 aliphatic rings. The quantitative estimate of drug-likeness (QED) is 0.935. The van der Waals surface area contributed by atoms with Crippen molar-refractivity contribution in [3.05, 3.63) is 33.7 Å². The Hall–Kier alpha value is -1.79. The number of imidazole rings is 1. The zero-order chi connectivity index (χ0) is 15.7. The second kappa shape index (κ2) is 5.91. The topological polar surface area (TPSA) is 74.9 Å². The van der Waals surface area contributed by atoms with E-state index in [1.54, 1.807) is 19.2 Å². The van der Waals surface area contributed by atoms with Gasteiger partial charge in [0.1, 0.15) is 5.69 Å². The van der Waals surface area contributed by atoms with Crippen LogP contribution in [0.1, 0.15) is 22.6 Å². The summed E-state index contributed by atoms with van der Waals surface area (Å²) in [4.78, 5) is 28.6. The number of aromatic nitrogens is 2. The molecular weight excluding hydrogens is 317 g/mol. The molecule has 2 aromatic rings. The smallest absolute Gasteiger partial charge is 0.305 e. The molecule has 0 spiro atoms. The fourth-order valence-electron chi connectivity index (χ4n) is 1.99. The van der Waals surface area contributed by atoms with Gasteiger partial charge in [-0.05, 0) is 13.0 Å². The summed E-state index contributed by atoms with van der Waals surface area (Å²) in [5.74, 6) is -1.30. The first-order valence-electron chi connectivity index (χ1n) is 6.12. The first kappa shape index (κ1) is 15.6. The van der Waals surface area contributed by atoms with Crippen molar-refractivity contribution in [2.75, 3.05) is 13.6 Å². The van der Waals surface area contributed by atoms with Crippen LogP contribution in [0.5, 0.6) is 0 Å². The monoisotopic (exact) mass is 329 g/mol. The maximum absolute atomic E-state index is 12.5. The van der Waals surface area contributed by atoms with Crippen molar-refractivity contribution in [2.45, 2.75) is 13.3 Å². The molecule has 0 atom stereocenters. The second-order valence-electron chi connectivity index (χ2n) is 4.62. The molecule has 0 aromatic carbocycles. The van der Waals surface area contributed by atoms with Crippen LogP contribution in [0.25, 0.3) is 5.65 Å². The molecule has 112 valence electrons. The molecule has 0 unspecified atom stereocenters. The van der Waals surface area contributed by atoms with Crippen LogP contribution >= 0.6 is 23.2 Å². The molecule has 2 heterocycles. The largest absolute Gasteiger partial charge is 0.481 e. The molecule has 0 bridgehead atoms. The highest BCUT2D eigenvalue weighted by molar-refractivity contribution is 6.36. The van der Waals surface area contributed by atoms with E-state index in [9.17, 15) is 9.59 Å². The van der Waals surface area contributed by atoms with E-state index in [1.807, 2.05) is 0 Å². The van der Waals surface area contributed by atoms with Crippen LogP contribution in [0.15, 0.2) is 12.3 Å². The van der Waals surface area contributed by atoms with E-state index >= 15 is 0 Å². The normalized spacial score (nSPS) is 10.9. The van der Waals surface area contributed by atoms with Gasteiger partial charge < -0.3 is 10.0 Å². The van der Waals surface area contributed by atoms with Gasteiger partial charge in [-0.1, -0.05) is 23.2 Å². The second-order valence-corrected chi connectivity index (χ2v) is 5.46. The molecule has 8 heteroatoms. The number of pyridine rings is 1. The summed E-state index contributed by atoms with van der Waals surface area (Å²) in [6.07, 6.45) is 1.43. The zero-order valence-electron chi connectivity index (χ0n) is 11.4. The van der Waals surface area contributed by atoms with Crippen molar-refractivity contribution >= 4 is 40.7 Å². The van der Waals surface area contributed by atoms with E-state index in [-0.39, 0.29) is 18.9 Å². The number of carboxylic acid groups (broad SMARTS) is 1. The van der Waals surface area contributed by atoms with Gasteiger partial charge in [0, 0.05) is 19.8 Å². The van der Waals surface area contributed by atoms with Crippen LogP contribution in [-0.2, 0) is 4.79 Å². The van der Waals surface area contributed by atoms with Crippen LogP contribution in [0, 0.1) is 6.92 Å². The third-order valence-electron chi connectivity index (χ3n) is 3.03. The summed E-state index contributed by atoms with van der Waals surface area (Å²) < 4.78 is 1.53. The number of halogens is 2. The Morgan fingerprint density at radius 2 is 2.10 bits per heavy atom. The fraction of sp³-hybridized carbons (Fsp3) is 0.308. The van der Waals surface area contributed by atoms with Crippen molar-refractivity contribution in [1.82, 2.24) is 14.3 Å². The molecule has 1 N–H and O–H groups in total. The lowest BCUT2D eigenvalue weighted by molar-refractivity contribution is -0.137. The summed E-state index contributed by atoms with van der Waals surface area (Å²) in [6.45, 7) is 1.80. The Kier molecular flexibility index (Phi) is 4.39. The molecule has 0 aliphatic carbocycles. The van der Waals surface area contributed by atoms with Gasteiger partial charge in [-0.3, -0.25) is 14.0 Å². The molecule has 21 heavy (non-hydrogen) atoms. The van der Waals surface area contributed by atoms with E-state index in [0.717, 1.165) is 0 Å². The highest BCUT2D eigenvalue weighted by Gasteiger charge is 2.22. The number of aliphatic carboxylic acids is 1. The van der Waals surface area contributed by atoms with E-state index in [1.165, 1.54) is 16.3 Å². The molecule has 0 saturated heterocycles. The van der Waals surface area contributed by atoms with Crippen molar-refractivity contribution in [1.29, 1.82) is 0 Å². The number of carboxylic acids is 1. The molecule has 0 radical (unpaired) electrons. The van der Waals surface area contributed by atoms with Gasteiger partial charge >= 0.3 is 5.97 Å². The van der Waals surface area contributed by atoms with Crippen LogP contribution in [0.2, 0.25) is 10.0 Å². The fourth-order valence-corrected chi connectivity index (χ4v) is 2.50. The Bertz CT molecular complexity index is 727. The number of hydrogen-bond acceptors (Lipinski definition) is 3. The summed E-state index contributed by atoms with van der Waals surface area (Å²) in [7, 11) is 1.54. The lowest BCUT2D eigenvalue weighted by atomic mass is 10.3. The van der Waals surface area contributed by atoms with Gasteiger partial charge in [-0.15, -0.1) is 0 Å². The van der Waals surface area contributed by atoms with Gasteiger partial charge in [0.25, 0.3) is 5.91 Å². The van der Waals surface area contributed by atoms with Gasteiger partial charge in [0.2, 0.25) is 0 Å². The summed E-state index contributed by atoms with van der Waals surface area (Å²) in [5, 5.41) is 9.41. The lowest BCUT2D eigenvalue weighted by Gasteiger charge is -2.16. The van der Waals surface area contributed by atoms with Crippen molar-refractivity contribution in [3.8, 4) is 0 Å². The molecule has 1 amide bonds. The van der Waals surface area contributed by atoms with Gasteiger partial charge in [0.15, 0.2) is 5.65 Å². The van der Waals surface area contributed by atoms with Crippen LogP contribution < -0.4 is 0 Å². The van der Waals surface area contributed by atoms with E-state index in [0.29, 0.717) is 27.1 Å². The number of nitrogens with zero attached hydrogens (tertiary/aromatic N) is 3. The SMILES string of the molecule is Cc1nc2c(Cl)cc(Cl)cn2c1C(=O)N(C)CCC(=O)O. The highest BCUT2D eigenvalue weighted by atomic mass is 35.5. The average molecular weight is 330 g/mol. The standard InChI is InChI=1S/C13H13Cl2N3O3/c1-7-11(13(21)17(2)4-3-10(19)20)18-6-8(14)5-9(15)12(18)16-7/h5-6H,3-4H2,1-2H3,(H,19,20). The number of amides is 1. The first-order valence-corrected chi connectivity index (χ1v) is 6.88. The molecule has 0 fully saturated rings.